The van der Waals surface area contributed by atoms with Crippen LogP contribution in [-0.4, -0.2) is 31.4 Å². The Morgan fingerprint density at radius 2 is 1.70 bits per heavy atom. The summed E-state index contributed by atoms with van der Waals surface area (Å²) in [6, 6.07) is 6.02. The van der Waals surface area contributed by atoms with Gasteiger partial charge in [-0.25, -0.2) is 9.59 Å². The summed E-state index contributed by atoms with van der Waals surface area (Å²) < 4.78 is 8.98. The third-order valence-electron chi connectivity index (χ3n) is 2.26. The summed E-state index contributed by atoms with van der Waals surface area (Å²) in [5, 5.41) is 2.10. The van der Waals surface area contributed by atoms with E-state index < -0.39 is 17.2 Å². The first-order valence-corrected chi connectivity index (χ1v) is 5.80. The zero-order valence-electron chi connectivity index (χ0n) is 10.8. The van der Waals surface area contributed by atoms with Crippen LogP contribution < -0.4 is 5.32 Å². The molecule has 1 rings (SSSR count). The van der Waals surface area contributed by atoms with Crippen molar-refractivity contribution in [2.45, 2.75) is 0 Å². The van der Waals surface area contributed by atoms with E-state index in [-0.39, 0.29) is 5.70 Å². The van der Waals surface area contributed by atoms with Gasteiger partial charge in [0.05, 0.1) is 20.3 Å². The Hall–Kier alpha value is -2.34. The lowest BCUT2D eigenvalue weighted by Crippen LogP contribution is -2.15. The molecular formula is C13H12ClNO5. The number of benzene rings is 1. The lowest BCUT2D eigenvalue weighted by Gasteiger charge is -2.09. The fourth-order valence-electron chi connectivity index (χ4n) is 1.27. The molecule has 0 amide bonds. The molecule has 6 nitrogen and oxygen atoms in total. The molecule has 106 valence electrons. The molecule has 0 radical (unpaired) electrons. The smallest absolute Gasteiger partial charge is 0.354 e. The average Bonchev–Trinajstić information content (AvgIpc) is 2.46. The van der Waals surface area contributed by atoms with Gasteiger partial charge in [0, 0.05) is 11.3 Å². The molecule has 7 heteroatoms. The van der Waals surface area contributed by atoms with Crippen molar-refractivity contribution < 1.29 is 23.9 Å². The fraction of sp³-hybridized carbons (Fsp3) is 0.154. The second-order valence-electron chi connectivity index (χ2n) is 3.55. The van der Waals surface area contributed by atoms with Gasteiger partial charge in [-0.05, 0) is 35.9 Å². The minimum atomic E-state index is -0.729. The summed E-state index contributed by atoms with van der Waals surface area (Å²) in [6.45, 7) is 0. The van der Waals surface area contributed by atoms with Crippen LogP contribution in [-0.2, 0) is 19.1 Å². The molecule has 0 aromatic heterocycles. The molecular weight excluding hydrogens is 286 g/mol. The maximum Gasteiger partial charge on any atom is 0.354 e. The molecule has 0 fully saturated rings. The predicted octanol–water partition coefficient (Wildman–Crippen LogP) is 1.71. The molecule has 1 aromatic carbocycles. The van der Waals surface area contributed by atoms with Gasteiger partial charge < -0.3 is 14.8 Å². The van der Waals surface area contributed by atoms with Crippen molar-refractivity contribution in [1.29, 1.82) is 0 Å². The van der Waals surface area contributed by atoms with E-state index in [0.717, 1.165) is 6.08 Å². The number of hydrogen-bond acceptors (Lipinski definition) is 6. The van der Waals surface area contributed by atoms with E-state index in [0.29, 0.717) is 11.3 Å². The molecule has 0 saturated heterocycles. The maximum absolute atomic E-state index is 11.5. The monoisotopic (exact) mass is 297 g/mol. The summed E-state index contributed by atoms with van der Waals surface area (Å²) in [5.74, 6) is -1.43. The second-order valence-corrected chi connectivity index (χ2v) is 3.89. The highest BCUT2D eigenvalue weighted by molar-refractivity contribution is 6.67. The summed E-state index contributed by atoms with van der Waals surface area (Å²) >= 11 is 5.32. The molecule has 20 heavy (non-hydrogen) atoms. The third kappa shape index (κ3) is 4.40. The topological polar surface area (TPSA) is 81.7 Å². The van der Waals surface area contributed by atoms with Crippen LogP contribution in [0.5, 0.6) is 0 Å². The molecule has 0 heterocycles. The number of anilines is 1. The van der Waals surface area contributed by atoms with Crippen molar-refractivity contribution in [2.24, 2.45) is 0 Å². The van der Waals surface area contributed by atoms with E-state index in [9.17, 15) is 14.4 Å². The first-order chi connectivity index (χ1) is 9.47. The van der Waals surface area contributed by atoms with Crippen molar-refractivity contribution in [1.82, 2.24) is 0 Å². The molecule has 0 aliphatic rings. The zero-order chi connectivity index (χ0) is 15.1. The summed E-state index contributed by atoms with van der Waals surface area (Å²) in [5.41, 5.74) is 0.699. The Bertz CT molecular complexity index is 550. The lowest BCUT2D eigenvalue weighted by molar-refractivity contribution is -0.138. The minimum Gasteiger partial charge on any atom is -0.466 e. The van der Waals surface area contributed by atoms with E-state index in [1.807, 2.05) is 0 Å². The molecule has 0 saturated carbocycles. The van der Waals surface area contributed by atoms with E-state index in [4.69, 9.17) is 11.6 Å². The molecule has 0 unspecified atom stereocenters. The lowest BCUT2D eigenvalue weighted by atomic mass is 10.2. The largest absolute Gasteiger partial charge is 0.466 e. The molecule has 0 spiro atoms. The highest BCUT2D eigenvalue weighted by Gasteiger charge is 2.13. The van der Waals surface area contributed by atoms with Crippen LogP contribution >= 0.6 is 11.6 Å². The van der Waals surface area contributed by atoms with Gasteiger partial charge in [0.15, 0.2) is 0 Å². The molecule has 1 aromatic rings. The number of nitrogens with one attached hydrogen (secondary N) is 1. The first kappa shape index (κ1) is 15.7. The van der Waals surface area contributed by atoms with Gasteiger partial charge in [-0.15, -0.1) is 0 Å². The van der Waals surface area contributed by atoms with Crippen molar-refractivity contribution in [3.8, 4) is 0 Å². The van der Waals surface area contributed by atoms with Gasteiger partial charge in [-0.3, -0.25) is 4.79 Å². The number of carbonyl (C=O) groups is 3. The van der Waals surface area contributed by atoms with Crippen LogP contribution in [0.2, 0.25) is 0 Å². The number of carbonyl (C=O) groups excluding carboxylic acids is 3. The van der Waals surface area contributed by atoms with Crippen molar-refractivity contribution in [3.63, 3.8) is 0 Å². The van der Waals surface area contributed by atoms with Crippen LogP contribution in [0.4, 0.5) is 5.69 Å². The van der Waals surface area contributed by atoms with Crippen LogP contribution in [0.15, 0.2) is 36.0 Å². The number of ether oxygens (including phenoxy) is 2. The highest BCUT2D eigenvalue weighted by Crippen LogP contribution is 2.14. The van der Waals surface area contributed by atoms with E-state index >= 15 is 0 Å². The SMILES string of the molecule is COC(=O)/C=C(/Nc1ccc(C(=O)Cl)cc1)C(=O)OC. The first-order valence-electron chi connectivity index (χ1n) is 5.42. The van der Waals surface area contributed by atoms with Gasteiger partial charge in [-0.2, -0.15) is 0 Å². The van der Waals surface area contributed by atoms with E-state index in [1.165, 1.54) is 38.5 Å². The summed E-state index contributed by atoms with van der Waals surface area (Å²) in [7, 11) is 2.37. The second kappa shape index (κ2) is 7.30. The van der Waals surface area contributed by atoms with Crippen LogP contribution in [0.3, 0.4) is 0 Å². The molecule has 0 atom stereocenters. The van der Waals surface area contributed by atoms with E-state index in [1.54, 1.807) is 0 Å². The van der Waals surface area contributed by atoms with Crippen molar-refractivity contribution >= 4 is 34.5 Å². The van der Waals surface area contributed by atoms with Crippen LogP contribution in [0.25, 0.3) is 0 Å². The highest BCUT2D eigenvalue weighted by atomic mass is 35.5. The van der Waals surface area contributed by atoms with E-state index in [2.05, 4.69) is 14.8 Å². The molecule has 0 bridgehead atoms. The minimum absolute atomic E-state index is 0.0932. The number of esters is 2. The number of hydrogen-bond donors (Lipinski definition) is 1. The maximum atomic E-state index is 11.5. The normalized spacial score (nSPS) is 10.7. The Balaban J connectivity index is 2.95. The van der Waals surface area contributed by atoms with Gasteiger partial charge in [-0.1, -0.05) is 0 Å². The van der Waals surface area contributed by atoms with Crippen molar-refractivity contribution in [3.05, 3.63) is 41.6 Å². The van der Waals surface area contributed by atoms with Crippen LogP contribution in [0, 0.1) is 0 Å². The number of halogens is 1. The van der Waals surface area contributed by atoms with Gasteiger partial charge >= 0.3 is 11.9 Å². The van der Waals surface area contributed by atoms with Gasteiger partial charge in [0.25, 0.3) is 5.24 Å². The zero-order valence-corrected chi connectivity index (χ0v) is 11.6. The molecule has 0 aliphatic carbocycles. The molecule has 0 aliphatic heterocycles. The van der Waals surface area contributed by atoms with Crippen LogP contribution in [0.1, 0.15) is 10.4 Å². The summed E-state index contributed by atoms with van der Waals surface area (Å²) in [4.78, 5) is 33.6. The quantitative estimate of drug-likeness (QED) is 0.506. The fourth-order valence-corrected chi connectivity index (χ4v) is 1.40. The Morgan fingerprint density at radius 1 is 1.10 bits per heavy atom. The van der Waals surface area contributed by atoms with Crippen molar-refractivity contribution in [2.75, 3.05) is 19.5 Å². The molecule has 1 N–H and O–H groups in total. The summed E-state index contributed by atoms with van der Waals surface area (Å²) in [6.07, 6.45) is 0.965. The Labute approximate surface area is 120 Å². The number of rotatable bonds is 5. The predicted molar refractivity (Wildman–Crippen MR) is 72.4 cm³/mol. The van der Waals surface area contributed by atoms with Gasteiger partial charge in [0.2, 0.25) is 0 Å². The average molecular weight is 298 g/mol. The van der Waals surface area contributed by atoms with Gasteiger partial charge in [0.1, 0.15) is 5.70 Å². The Kier molecular flexibility index (Phi) is 5.74. The number of methoxy groups -OCH3 is 2. The Morgan fingerprint density at radius 3 is 2.15 bits per heavy atom. The standard InChI is InChI=1S/C13H12ClNO5/c1-19-11(16)7-10(13(18)20-2)15-9-5-3-8(4-6-9)12(14)17/h3-7,15H,1-2H3/b10-7+. The third-order valence-corrected chi connectivity index (χ3v) is 2.48.